The number of nitriles is 1. The Hall–Kier alpha value is -1.67. The molecule has 0 N–H and O–H groups in total. The first-order valence-electron chi connectivity index (χ1n) is 5.81. The van der Waals surface area contributed by atoms with Gasteiger partial charge in [0.05, 0.1) is 0 Å². The normalized spacial score (nSPS) is 25.6. The maximum absolute atomic E-state index is 9.04. The highest BCUT2D eigenvalue weighted by molar-refractivity contribution is 5.50. The first kappa shape index (κ1) is 11.8. The zero-order valence-corrected chi connectivity index (χ0v) is 10.5. The van der Waals surface area contributed by atoms with Crippen LogP contribution in [-0.2, 0) is 0 Å². The Morgan fingerprint density at radius 3 is 2.41 bits per heavy atom. The van der Waals surface area contributed by atoms with Crippen LogP contribution >= 0.6 is 0 Å². The third-order valence-electron chi connectivity index (χ3n) is 3.44. The van der Waals surface area contributed by atoms with E-state index in [2.05, 4.69) is 46.7 Å². The topological polar surface area (TPSA) is 56.1 Å². The summed E-state index contributed by atoms with van der Waals surface area (Å²) in [6.45, 7) is 6.14. The molecule has 5 heteroatoms. The van der Waals surface area contributed by atoms with Gasteiger partial charge in [-0.1, -0.05) is 0 Å². The van der Waals surface area contributed by atoms with Gasteiger partial charge in [-0.25, -0.2) is 9.97 Å². The largest absolute Gasteiger partial charge is 0.351 e. The zero-order chi connectivity index (χ0) is 12.4. The zero-order valence-electron chi connectivity index (χ0n) is 10.5. The molecule has 0 saturated carbocycles. The van der Waals surface area contributed by atoms with Crippen molar-refractivity contribution >= 4 is 5.82 Å². The van der Waals surface area contributed by atoms with Crippen molar-refractivity contribution in [3.05, 3.63) is 18.1 Å². The average molecular weight is 231 g/mol. The molecule has 0 aliphatic carbocycles. The second kappa shape index (κ2) is 4.68. The molecule has 1 aliphatic heterocycles. The van der Waals surface area contributed by atoms with Crippen LogP contribution in [0.15, 0.2) is 12.4 Å². The quantitative estimate of drug-likeness (QED) is 0.718. The van der Waals surface area contributed by atoms with Crippen molar-refractivity contribution in [2.24, 2.45) is 0 Å². The molecule has 0 amide bonds. The molecule has 0 aromatic carbocycles. The van der Waals surface area contributed by atoms with Crippen LogP contribution in [0.1, 0.15) is 19.5 Å². The minimum atomic E-state index is 0.413. The lowest BCUT2D eigenvalue weighted by atomic mass is 10.1. The number of piperazine rings is 1. The molecule has 1 fully saturated rings. The molecule has 5 nitrogen and oxygen atoms in total. The maximum Gasteiger partial charge on any atom is 0.183 e. The predicted octanol–water partition coefficient (Wildman–Crippen LogP) is 0.877. The molecule has 17 heavy (non-hydrogen) atoms. The summed E-state index contributed by atoms with van der Waals surface area (Å²) in [5.74, 6) is 0.710. The SMILES string of the molecule is CC1CN(c2nccnc2C#N)CC(C)N1C. The monoisotopic (exact) mass is 231 g/mol. The van der Waals surface area contributed by atoms with Crippen molar-refractivity contribution in [3.8, 4) is 6.07 Å². The first-order chi connectivity index (χ1) is 8.13. The van der Waals surface area contributed by atoms with Crippen molar-refractivity contribution in [2.75, 3.05) is 25.0 Å². The van der Waals surface area contributed by atoms with Crippen LogP contribution < -0.4 is 4.90 Å². The molecular formula is C12H17N5. The third-order valence-corrected chi connectivity index (χ3v) is 3.44. The van der Waals surface area contributed by atoms with Crippen molar-refractivity contribution in [2.45, 2.75) is 25.9 Å². The second-order valence-corrected chi connectivity index (χ2v) is 4.61. The molecule has 1 aromatic heterocycles. The molecule has 1 aromatic rings. The summed E-state index contributed by atoms with van der Waals surface area (Å²) in [6.07, 6.45) is 3.20. The molecule has 2 unspecified atom stereocenters. The van der Waals surface area contributed by atoms with E-state index in [0.717, 1.165) is 13.1 Å². The molecular weight excluding hydrogens is 214 g/mol. The van der Waals surface area contributed by atoms with Gasteiger partial charge in [0.1, 0.15) is 6.07 Å². The van der Waals surface area contributed by atoms with Crippen LogP contribution in [0.5, 0.6) is 0 Å². The number of anilines is 1. The predicted molar refractivity (Wildman–Crippen MR) is 65.6 cm³/mol. The third kappa shape index (κ3) is 2.22. The highest BCUT2D eigenvalue weighted by atomic mass is 15.3. The van der Waals surface area contributed by atoms with E-state index in [1.54, 1.807) is 12.4 Å². The van der Waals surface area contributed by atoms with E-state index < -0.39 is 0 Å². The van der Waals surface area contributed by atoms with Gasteiger partial charge in [-0.2, -0.15) is 5.26 Å². The van der Waals surface area contributed by atoms with E-state index in [1.165, 1.54) is 0 Å². The molecule has 0 spiro atoms. The Balaban J connectivity index is 2.26. The average Bonchev–Trinajstić information content (AvgIpc) is 2.35. The Bertz CT molecular complexity index is 427. The van der Waals surface area contributed by atoms with Gasteiger partial charge in [0.15, 0.2) is 11.5 Å². The first-order valence-corrected chi connectivity index (χ1v) is 5.81. The molecule has 1 saturated heterocycles. The van der Waals surface area contributed by atoms with Crippen LogP contribution in [0.25, 0.3) is 0 Å². The number of rotatable bonds is 1. The number of nitrogens with zero attached hydrogens (tertiary/aromatic N) is 5. The Kier molecular flexibility index (Phi) is 3.25. The molecule has 0 bridgehead atoms. The number of aromatic nitrogens is 2. The summed E-state index contributed by atoms with van der Waals surface area (Å²) in [4.78, 5) is 12.9. The number of hydrogen-bond acceptors (Lipinski definition) is 5. The van der Waals surface area contributed by atoms with Gasteiger partial charge in [0.2, 0.25) is 0 Å². The van der Waals surface area contributed by atoms with E-state index in [-0.39, 0.29) is 0 Å². The summed E-state index contributed by atoms with van der Waals surface area (Å²) >= 11 is 0. The standard InChI is InChI=1S/C12H17N5/c1-9-7-17(8-10(2)16(9)3)12-11(6-13)14-4-5-15-12/h4-5,9-10H,7-8H2,1-3H3. The highest BCUT2D eigenvalue weighted by Gasteiger charge is 2.28. The molecule has 0 radical (unpaired) electrons. The Morgan fingerprint density at radius 1 is 1.24 bits per heavy atom. The van der Waals surface area contributed by atoms with Gasteiger partial charge in [-0.15, -0.1) is 0 Å². The van der Waals surface area contributed by atoms with Gasteiger partial charge in [0, 0.05) is 37.6 Å². The van der Waals surface area contributed by atoms with Crippen molar-refractivity contribution < 1.29 is 0 Å². The lowest BCUT2D eigenvalue weighted by molar-refractivity contribution is 0.169. The van der Waals surface area contributed by atoms with Gasteiger partial charge in [0.25, 0.3) is 0 Å². The van der Waals surface area contributed by atoms with E-state index in [9.17, 15) is 0 Å². The lowest BCUT2D eigenvalue weighted by Crippen LogP contribution is -2.55. The molecule has 2 atom stereocenters. The van der Waals surface area contributed by atoms with Gasteiger partial charge in [-0.3, -0.25) is 4.90 Å². The van der Waals surface area contributed by atoms with Crippen molar-refractivity contribution in [3.63, 3.8) is 0 Å². The van der Waals surface area contributed by atoms with Gasteiger partial charge < -0.3 is 4.90 Å². The summed E-state index contributed by atoms with van der Waals surface area (Å²) in [7, 11) is 2.13. The fraction of sp³-hybridized carbons (Fsp3) is 0.583. The summed E-state index contributed by atoms with van der Waals surface area (Å²) in [6, 6.07) is 3.01. The summed E-state index contributed by atoms with van der Waals surface area (Å²) in [5, 5.41) is 9.04. The molecule has 2 heterocycles. The van der Waals surface area contributed by atoms with Gasteiger partial charge >= 0.3 is 0 Å². The Labute approximate surface area is 102 Å². The van der Waals surface area contributed by atoms with Crippen LogP contribution in [0.2, 0.25) is 0 Å². The maximum atomic E-state index is 9.04. The minimum Gasteiger partial charge on any atom is -0.351 e. The van der Waals surface area contributed by atoms with E-state index >= 15 is 0 Å². The van der Waals surface area contributed by atoms with Crippen LogP contribution in [0.3, 0.4) is 0 Å². The van der Waals surface area contributed by atoms with Crippen LogP contribution in [0, 0.1) is 11.3 Å². The highest BCUT2D eigenvalue weighted by Crippen LogP contribution is 2.21. The smallest absolute Gasteiger partial charge is 0.183 e. The van der Waals surface area contributed by atoms with Gasteiger partial charge in [-0.05, 0) is 20.9 Å². The fourth-order valence-electron chi connectivity index (χ4n) is 2.22. The van der Waals surface area contributed by atoms with Crippen molar-refractivity contribution in [1.82, 2.24) is 14.9 Å². The van der Waals surface area contributed by atoms with E-state index in [4.69, 9.17) is 5.26 Å². The second-order valence-electron chi connectivity index (χ2n) is 4.61. The number of likely N-dealkylation sites (N-methyl/N-ethyl adjacent to an activating group) is 1. The lowest BCUT2D eigenvalue weighted by Gasteiger charge is -2.42. The van der Waals surface area contributed by atoms with E-state index in [0.29, 0.717) is 23.6 Å². The van der Waals surface area contributed by atoms with Crippen LogP contribution in [0.4, 0.5) is 5.82 Å². The van der Waals surface area contributed by atoms with E-state index in [1.807, 2.05) is 0 Å². The molecule has 1 aliphatic rings. The number of hydrogen-bond donors (Lipinski definition) is 0. The Morgan fingerprint density at radius 2 is 1.82 bits per heavy atom. The molecule has 2 rings (SSSR count). The summed E-state index contributed by atoms with van der Waals surface area (Å²) in [5.41, 5.74) is 0.413. The fourth-order valence-corrected chi connectivity index (χ4v) is 2.22. The minimum absolute atomic E-state index is 0.413. The molecule has 90 valence electrons. The van der Waals surface area contributed by atoms with Crippen LogP contribution in [-0.4, -0.2) is 47.1 Å². The summed E-state index contributed by atoms with van der Waals surface area (Å²) < 4.78 is 0. The van der Waals surface area contributed by atoms with Crippen molar-refractivity contribution in [1.29, 1.82) is 5.26 Å².